The average Bonchev–Trinajstić information content (AvgIpc) is 2.90. The van der Waals surface area contributed by atoms with Crippen LogP contribution in [0.5, 0.6) is 0 Å². The standard InChI is InChI=1S/C12H14ClN3/c13-12-10-2-1-8(6-11(10)15-16-12)5-9-3-4-14-7-9/h1-2,6,9,14H,3-5,7H2,(H,15,16). The van der Waals surface area contributed by atoms with E-state index in [1.54, 1.807) is 0 Å². The van der Waals surface area contributed by atoms with Gasteiger partial charge < -0.3 is 5.32 Å². The summed E-state index contributed by atoms with van der Waals surface area (Å²) in [5.74, 6) is 0.770. The second kappa shape index (κ2) is 4.07. The second-order valence-corrected chi connectivity index (χ2v) is 4.83. The van der Waals surface area contributed by atoms with Crippen molar-refractivity contribution in [2.24, 2.45) is 5.92 Å². The normalized spacial score (nSPS) is 20.7. The molecule has 2 aromatic rings. The van der Waals surface area contributed by atoms with Crippen molar-refractivity contribution in [1.82, 2.24) is 15.5 Å². The highest BCUT2D eigenvalue weighted by Gasteiger charge is 2.15. The summed E-state index contributed by atoms with van der Waals surface area (Å²) in [6.07, 6.45) is 2.41. The predicted molar refractivity (Wildman–Crippen MR) is 65.8 cm³/mol. The lowest BCUT2D eigenvalue weighted by atomic mass is 9.98. The molecule has 1 atom stereocenters. The van der Waals surface area contributed by atoms with Crippen molar-refractivity contribution in [2.45, 2.75) is 12.8 Å². The number of hydrogen-bond donors (Lipinski definition) is 2. The second-order valence-electron chi connectivity index (χ2n) is 4.45. The van der Waals surface area contributed by atoms with Crippen LogP contribution in [-0.4, -0.2) is 23.3 Å². The molecule has 0 saturated carbocycles. The quantitative estimate of drug-likeness (QED) is 0.839. The average molecular weight is 236 g/mol. The van der Waals surface area contributed by atoms with Gasteiger partial charge in [-0.1, -0.05) is 17.7 Å². The van der Waals surface area contributed by atoms with Crippen LogP contribution in [0.2, 0.25) is 5.15 Å². The van der Waals surface area contributed by atoms with Crippen LogP contribution >= 0.6 is 11.6 Å². The van der Waals surface area contributed by atoms with Gasteiger partial charge in [-0.3, -0.25) is 5.10 Å². The molecule has 0 aliphatic carbocycles. The number of aromatic nitrogens is 2. The number of hydrogen-bond acceptors (Lipinski definition) is 2. The third kappa shape index (κ3) is 1.81. The van der Waals surface area contributed by atoms with E-state index in [9.17, 15) is 0 Å². The number of aromatic amines is 1. The Morgan fingerprint density at radius 2 is 2.38 bits per heavy atom. The Hall–Kier alpha value is -1.06. The molecule has 1 aliphatic heterocycles. The van der Waals surface area contributed by atoms with Crippen LogP contribution in [0.25, 0.3) is 10.9 Å². The Morgan fingerprint density at radius 1 is 1.44 bits per heavy atom. The van der Waals surface area contributed by atoms with Gasteiger partial charge in [0.05, 0.1) is 5.52 Å². The van der Waals surface area contributed by atoms with Crippen LogP contribution in [0, 0.1) is 5.92 Å². The van der Waals surface area contributed by atoms with Crippen molar-refractivity contribution in [2.75, 3.05) is 13.1 Å². The summed E-state index contributed by atoms with van der Waals surface area (Å²) in [4.78, 5) is 0. The van der Waals surface area contributed by atoms with E-state index in [1.807, 2.05) is 0 Å². The minimum atomic E-state index is 0.629. The van der Waals surface area contributed by atoms with E-state index in [1.165, 1.54) is 12.0 Å². The molecular formula is C12H14ClN3. The summed E-state index contributed by atoms with van der Waals surface area (Å²) < 4.78 is 0. The Kier molecular flexibility index (Phi) is 2.58. The highest BCUT2D eigenvalue weighted by molar-refractivity contribution is 6.34. The maximum Gasteiger partial charge on any atom is 0.132 e. The third-order valence-corrected chi connectivity index (χ3v) is 3.55. The summed E-state index contributed by atoms with van der Waals surface area (Å²) in [6, 6.07) is 6.34. The molecule has 3 nitrogen and oxygen atoms in total. The van der Waals surface area contributed by atoms with Crippen LogP contribution in [0.15, 0.2) is 18.2 Å². The van der Waals surface area contributed by atoms with Crippen LogP contribution in [0.1, 0.15) is 12.0 Å². The molecule has 1 saturated heterocycles. The van der Waals surface area contributed by atoms with Crippen molar-refractivity contribution in [3.8, 4) is 0 Å². The molecule has 1 aromatic carbocycles. The van der Waals surface area contributed by atoms with Crippen LogP contribution < -0.4 is 5.32 Å². The Labute approximate surface area is 99.2 Å². The van der Waals surface area contributed by atoms with E-state index in [2.05, 4.69) is 33.7 Å². The van der Waals surface area contributed by atoms with Crippen LogP contribution in [-0.2, 0) is 6.42 Å². The van der Waals surface area contributed by atoms with Gasteiger partial charge in [0, 0.05) is 5.39 Å². The third-order valence-electron chi connectivity index (χ3n) is 3.26. The van der Waals surface area contributed by atoms with Gasteiger partial charge in [-0.15, -0.1) is 0 Å². The first-order valence-electron chi connectivity index (χ1n) is 5.66. The fourth-order valence-electron chi connectivity index (χ4n) is 2.37. The smallest absolute Gasteiger partial charge is 0.132 e. The zero-order valence-corrected chi connectivity index (χ0v) is 9.72. The molecule has 2 heterocycles. The highest BCUT2D eigenvalue weighted by Crippen LogP contribution is 2.23. The summed E-state index contributed by atoms with van der Waals surface area (Å²) in [6.45, 7) is 2.29. The Balaban J connectivity index is 1.87. The number of H-pyrrole nitrogens is 1. The number of benzene rings is 1. The first kappa shape index (κ1) is 10.1. The number of halogens is 1. The molecule has 2 N–H and O–H groups in total. The van der Waals surface area contributed by atoms with Crippen molar-refractivity contribution >= 4 is 22.5 Å². The van der Waals surface area contributed by atoms with Gasteiger partial charge in [-0.2, -0.15) is 5.10 Å². The van der Waals surface area contributed by atoms with Crippen molar-refractivity contribution < 1.29 is 0 Å². The van der Waals surface area contributed by atoms with Crippen LogP contribution in [0.4, 0.5) is 0 Å². The monoisotopic (exact) mass is 235 g/mol. The van der Waals surface area contributed by atoms with Crippen molar-refractivity contribution in [3.05, 3.63) is 28.9 Å². The fourth-order valence-corrected chi connectivity index (χ4v) is 2.58. The lowest BCUT2D eigenvalue weighted by Crippen LogP contribution is -2.10. The number of fused-ring (bicyclic) bond motifs is 1. The van der Waals surface area contributed by atoms with Gasteiger partial charge in [-0.25, -0.2) is 0 Å². The Morgan fingerprint density at radius 3 is 3.19 bits per heavy atom. The molecule has 0 spiro atoms. The predicted octanol–water partition coefficient (Wildman–Crippen LogP) is 2.37. The Bertz CT molecular complexity index is 500. The summed E-state index contributed by atoms with van der Waals surface area (Å²) in [5.41, 5.74) is 2.32. The summed E-state index contributed by atoms with van der Waals surface area (Å²) >= 11 is 5.97. The molecule has 0 amide bonds. The molecule has 1 unspecified atom stereocenters. The SMILES string of the molecule is Clc1[nH]nc2cc(CC3CCNC3)ccc12. The van der Waals surface area contributed by atoms with Gasteiger partial charge in [-0.05, 0) is 49.5 Å². The van der Waals surface area contributed by atoms with Gasteiger partial charge in [0.25, 0.3) is 0 Å². The first-order chi connectivity index (χ1) is 7.83. The van der Waals surface area contributed by atoms with E-state index < -0.39 is 0 Å². The molecule has 1 aliphatic rings. The van der Waals surface area contributed by atoms with Crippen molar-refractivity contribution in [1.29, 1.82) is 0 Å². The number of nitrogens with zero attached hydrogens (tertiary/aromatic N) is 1. The van der Waals surface area contributed by atoms with E-state index in [4.69, 9.17) is 11.6 Å². The molecule has 16 heavy (non-hydrogen) atoms. The van der Waals surface area contributed by atoms with E-state index in [-0.39, 0.29) is 0 Å². The van der Waals surface area contributed by atoms with Gasteiger partial charge in [0.15, 0.2) is 0 Å². The number of rotatable bonds is 2. The molecule has 1 fully saturated rings. The fraction of sp³-hybridized carbons (Fsp3) is 0.417. The molecule has 0 bridgehead atoms. The maximum atomic E-state index is 5.97. The first-order valence-corrected chi connectivity index (χ1v) is 6.04. The van der Waals surface area contributed by atoms with E-state index in [0.29, 0.717) is 5.15 Å². The zero-order chi connectivity index (χ0) is 11.0. The lowest BCUT2D eigenvalue weighted by molar-refractivity contribution is 0.580. The summed E-state index contributed by atoms with van der Waals surface area (Å²) in [5, 5.41) is 12.0. The molecule has 4 heteroatoms. The summed E-state index contributed by atoms with van der Waals surface area (Å²) in [7, 11) is 0. The molecule has 84 valence electrons. The minimum absolute atomic E-state index is 0.629. The van der Waals surface area contributed by atoms with Gasteiger partial charge in [0.2, 0.25) is 0 Å². The zero-order valence-electron chi connectivity index (χ0n) is 8.96. The van der Waals surface area contributed by atoms with Gasteiger partial charge >= 0.3 is 0 Å². The van der Waals surface area contributed by atoms with E-state index in [0.717, 1.165) is 36.3 Å². The molecular weight excluding hydrogens is 222 g/mol. The maximum absolute atomic E-state index is 5.97. The minimum Gasteiger partial charge on any atom is -0.316 e. The van der Waals surface area contributed by atoms with Crippen molar-refractivity contribution in [3.63, 3.8) is 0 Å². The largest absolute Gasteiger partial charge is 0.316 e. The topological polar surface area (TPSA) is 40.7 Å². The molecule has 0 radical (unpaired) electrons. The van der Waals surface area contributed by atoms with E-state index >= 15 is 0 Å². The van der Waals surface area contributed by atoms with Crippen LogP contribution in [0.3, 0.4) is 0 Å². The highest BCUT2D eigenvalue weighted by atomic mass is 35.5. The lowest BCUT2D eigenvalue weighted by Gasteiger charge is -2.07. The molecule has 1 aromatic heterocycles. The van der Waals surface area contributed by atoms with Gasteiger partial charge in [0.1, 0.15) is 5.15 Å². The number of nitrogens with one attached hydrogen (secondary N) is 2. The molecule has 3 rings (SSSR count).